The van der Waals surface area contributed by atoms with E-state index in [1.54, 1.807) is 63.8 Å². The molecule has 2 aliphatic rings. The Morgan fingerprint density at radius 3 is 1.61 bits per heavy atom. The third-order valence-corrected chi connectivity index (χ3v) is 10.8. The SMILES string of the molecule is CN1c2nc(Cl)ncc2OCC1c1cc(F)cc(F)c1.[C-]#[N+]c1cn(-c2ncc(N)cc2OC)cn1.[C-]#[N+]c1cn(-c2ncc(Nc3ncc4c(n3)N(C)C(c3cc(F)cc(F)c3)CO4)cc2OC)cn1. The molecule has 20 nitrogen and oxygen atoms in total. The Kier molecular flexibility index (Phi) is 14.2. The maximum atomic E-state index is 13.8. The second kappa shape index (κ2) is 20.9. The molecule has 8 heterocycles. The van der Waals surface area contributed by atoms with Gasteiger partial charge in [0, 0.05) is 50.8 Å². The molecule has 0 aliphatic carbocycles. The van der Waals surface area contributed by atoms with Gasteiger partial charge in [-0.15, -0.1) is 9.97 Å². The number of anilines is 5. The van der Waals surface area contributed by atoms with E-state index in [0.717, 1.165) is 12.1 Å². The normalized spacial score (nSPS) is 14.4. The molecule has 2 unspecified atom stereocenters. The zero-order valence-corrected chi connectivity index (χ0v) is 38.4. The van der Waals surface area contributed by atoms with Crippen molar-refractivity contribution in [3.63, 3.8) is 0 Å². The van der Waals surface area contributed by atoms with Gasteiger partial charge in [-0.1, -0.05) is 13.1 Å². The van der Waals surface area contributed by atoms with E-state index < -0.39 is 29.3 Å². The largest absolute Gasteiger partial charge is 0.493 e. The third-order valence-electron chi connectivity index (χ3n) is 10.6. The highest BCUT2D eigenvalue weighted by molar-refractivity contribution is 6.28. The molecule has 25 heteroatoms. The van der Waals surface area contributed by atoms with Gasteiger partial charge in [0.15, 0.2) is 58.9 Å². The van der Waals surface area contributed by atoms with Crippen LogP contribution in [0.2, 0.25) is 5.28 Å². The number of methoxy groups -OCH3 is 2. The van der Waals surface area contributed by atoms with E-state index in [9.17, 15) is 17.6 Å². The summed E-state index contributed by atoms with van der Waals surface area (Å²) >= 11 is 5.76. The van der Waals surface area contributed by atoms with Crippen LogP contribution in [0, 0.1) is 36.4 Å². The number of nitrogens with zero attached hydrogens (tertiary/aromatic N) is 14. The van der Waals surface area contributed by atoms with Gasteiger partial charge in [0.05, 0.1) is 62.5 Å². The molecule has 8 aromatic rings. The summed E-state index contributed by atoms with van der Waals surface area (Å²) in [5, 5.41) is 3.17. The molecule has 360 valence electrons. The van der Waals surface area contributed by atoms with Crippen LogP contribution in [0.5, 0.6) is 23.0 Å². The number of rotatable bonds is 8. The van der Waals surface area contributed by atoms with Crippen LogP contribution >= 0.6 is 11.6 Å². The lowest BCUT2D eigenvalue weighted by Crippen LogP contribution is -2.34. The van der Waals surface area contributed by atoms with E-state index in [-0.39, 0.29) is 36.3 Å². The van der Waals surface area contributed by atoms with E-state index in [1.807, 2.05) is 0 Å². The molecule has 71 heavy (non-hydrogen) atoms. The molecule has 0 fully saturated rings. The van der Waals surface area contributed by atoms with Crippen LogP contribution in [0.1, 0.15) is 23.2 Å². The van der Waals surface area contributed by atoms with E-state index in [2.05, 4.69) is 54.9 Å². The molecule has 6 aromatic heterocycles. The smallest absolute Gasteiger partial charge is 0.287 e. The highest BCUT2D eigenvalue weighted by Crippen LogP contribution is 2.39. The van der Waals surface area contributed by atoms with Gasteiger partial charge in [0.1, 0.15) is 36.5 Å². The van der Waals surface area contributed by atoms with E-state index in [0.29, 0.717) is 74.6 Å². The molecular formula is C46H37ClF4N16O4. The number of likely N-dealkylation sites (N-methyl/N-ethyl adjacent to an activating group) is 2. The second-order valence-corrected chi connectivity index (χ2v) is 15.5. The minimum absolute atomic E-state index is 0.0882. The van der Waals surface area contributed by atoms with Gasteiger partial charge >= 0.3 is 0 Å². The molecule has 0 radical (unpaired) electrons. The van der Waals surface area contributed by atoms with Gasteiger partial charge in [-0.2, -0.15) is 9.97 Å². The first kappa shape index (κ1) is 48.2. The van der Waals surface area contributed by atoms with Crippen molar-refractivity contribution in [1.29, 1.82) is 0 Å². The van der Waals surface area contributed by atoms with Crippen LogP contribution in [0.15, 0.2) is 98.4 Å². The first-order valence-electron chi connectivity index (χ1n) is 20.7. The summed E-state index contributed by atoms with van der Waals surface area (Å²) in [5.74, 6) is 2.14. The van der Waals surface area contributed by atoms with Gasteiger partial charge in [0.2, 0.25) is 11.2 Å². The minimum Gasteiger partial charge on any atom is -0.493 e. The Morgan fingerprint density at radius 2 is 1.11 bits per heavy atom. The fourth-order valence-corrected chi connectivity index (χ4v) is 7.38. The average molecular weight is 989 g/mol. The van der Waals surface area contributed by atoms with Crippen molar-refractivity contribution in [3.05, 3.63) is 161 Å². The van der Waals surface area contributed by atoms with Crippen LogP contribution in [-0.4, -0.2) is 90.5 Å². The number of aromatic nitrogens is 10. The fourth-order valence-electron chi connectivity index (χ4n) is 7.25. The van der Waals surface area contributed by atoms with Gasteiger partial charge in [0.25, 0.3) is 11.6 Å². The van der Waals surface area contributed by atoms with Gasteiger partial charge < -0.3 is 49.5 Å². The summed E-state index contributed by atoms with van der Waals surface area (Å²) in [6.07, 6.45) is 12.2. The highest BCUT2D eigenvalue weighted by atomic mass is 35.5. The van der Waals surface area contributed by atoms with Gasteiger partial charge in [-0.05, 0) is 47.0 Å². The maximum absolute atomic E-state index is 13.8. The second-order valence-electron chi connectivity index (χ2n) is 15.2. The molecule has 0 spiro atoms. The molecule has 2 atom stereocenters. The number of imidazole rings is 2. The van der Waals surface area contributed by atoms with E-state index >= 15 is 0 Å². The average Bonchev–Trinajstić information content (AvgIpc) is 4.05. The topological polar surface area (TPSA) is 203 Å². The number of nitrogens with one attached hydrogen (secondary N) is 1. The van der Waals surface area contributed by atoms with Crippen LogP contribution < -0.4 is 39.8 Å². The van der Waals surface area contributed by atoms with E-state index in [4.69, 9.17) is 49.4 Å². The van der Waals surface area contributed by atoms with E-state index in [1.165, 1.54) is 69.7 Å². The van der Waals surface area contributed by atoms with Crippen molar-refractivity contribution in [2.45, 2.75) is 12.1 Å². The molecule has 3 N–H and O–H groups in total. The molecule has 0 bridgehead atoms. The zero-order valence-electron chi connectivity index (χ0n) is 37.7. The van der Waals surface area contributed by atoms with Gasteiger partial charge in [-0.25, -0.2) is 37.5 Å². The quantitative estimate of drug-likeness (QED) is 0.0831. The van der Waals surface area contributed by atoms with Gasteiger partial charge in [-0.3, -0.25) is 9.13 Å². The fraction of sp³-hybridized carbons (Fsp3) is 0.174. The predicted octanol–water partition coefficient (Wildman–Crippen LogP) is 8.60. The van der Waals surface area contributed by atoms with Crippen LogP contribution in [0.3, 0.4) is 0 Å². The first-order chi connectivity index (χ1) is 34.2. The van der Waals surface area contributed by atoms with Crippen molar-refractivity contribution >= 4 is 52.2 Å². The maximum Gasteiger partial charge on any atom is 0.287 e. The summed E-state index contributed by atoms with van der Waals surface area (Å²) in [6.45, 7) is 14.3. The number of halogens is 5. The van der Waals surface area contributed by atoms with Crippen molar-refractivity contribution in [3.8, 4) is 34.6 Å². The van der Waals surface area contributed by atoms with Crippen LogP contribution in [0.4, 0.5) is 58.2 Å². The van der Waals surface area contributed by atoms with Crippen molar-refractivity contribution < 1.29 is 36.5 Å². The third kappa shape index (κ3) is 10.9. The summed E-state index contributed by atoms with van der Waals surface area (Å²) in [4.78, 5) is 43.2. The Hall–Kier alpha value is -9.29. The molecule has 2 aliphatic heterocycles. The summed E-state index contributed by atoms with van der Waals surface area (Å²) in [7, 11) is 6.58. The van der Waals surface area contributed by atoms with Crippen molar-refractivity contribution in [2.24, 2.45) is 0 Å². The molecular weight excluding hydrogens is 952 g/mol. The Morgan fingerprint density at radius 1 is 0.634 bits per heavy atom. The molecule has 0 saturated carbocycles. The first-order valence-corrected chi connectivity index (χ1v) is 21.1. The lowest BCUT2D eigenvalue weighted by atomic mass is 10.0. The lowest BCUT2D eigenvalue weighted by Gasteiger charge is -2.35. The standard InChI is InChI=1S/C23H18F2N8O2.C13H10ClF2N3O.C10H9N5O/c1-26-20-10-33(12-29-20)21-18(34-3)7-16(8-27-21)30-23-28-9-19-22(31-23)32(2)17(11-35-19)13-4-14(24)6-15(25)5-13;1-19-10(7-2-8(15)4-9(16)3-7)6-20-11-5-17-13(14)18-12(11)19;1-12-9-5-15(6-14-9)10-8(16-2)3-7(11)4-13-10/h4-10,12,17H,11H2,2-3H3,(H,28,30,31);2-5,10H,6H2,1H3;3-6H,11H2,2H3. The summed E-state index contributed by atoms with van der Waals surface area (Å²) in [5.41, 5.74) is 7.59. The lowest BCUT2D eigenvalue weighted by molar-refractivity contribution is 0.264. The Labute approximate surface area is 406 Å². The predicted molar refractivity (Wildman–Crippen MR) is 251 cm³/mol. The number of fused-ring (bicyclic) bond motifs is 2. The number of hydrogen-bond acceptors (Lipinski definition) is 16. The van der Waals surface area contributed by atoms with Crippen LogP contribution in [-0.2, 0) is 0 Å². The Bertz CT molecular complexity index is 3290. The minimum atomic E-state index is -0.657. The number of nitrogen functional groups attached to an aromatic ring is 1. The van der Waals surface area contributed by atoms with Crippen molar-refractivity contribution in [2.75, 3.05) is 62.4 Å². The zero-order chi connectivity index (χ0) is 50.3. The number of nitrogens with two attached hydrogens (primary N) is 1. The summed E-state index contributed by atoms with van der Waals surface area (Å²) < 4.78 is 79.3. The number of pyridine rings is 2. The molecule has 0 saturated heterocycles. The number of hydrogen-bond donors (Lipinski definition) is 2. The number of benzene rings is 2. The monoisotopic (exact) mass is 988 g/mol. The van der Waals surface area contributed by atoms with Crippen LogP contribution in [0.25, 0.3) is 21.3 Å². The Balaban J connectivity index is 0.000000158. The summed E-state index contributed by atoms with van der Waals surface area (Å²) in [6, 6.07) is 9.37. The molecule has 0 amide bonds. The molecule has 10 rings (SSSR count). The molecule has 2 aromatic carbocycles. The number of ether oxygens (including phenoxy) is 4. The highest BCUT2D eigenvalue weighted by Gasteiger charge is 2.30. The van der Waals surface area contributed by atoms with Crippen molar-refractivity contribution in [1.82, 2.24) is 49.0 Å².